The van der Waals surface area contributed by atoms with Crippen LogP contribution in [0.2, 0.25) is 0 Å². The molecule has 0 aromatic carbocycles. The molecule has 2 unspecified atom stereocenters. The number of amides is 1. The minimum absolute atomic E-state index is 0.0319. The predicted molar refractivity (Wildman–Crippen MR) is 71.9 cm³/mol. The van der Waals surface area contributed by atoms with Gasteiger partial charge in [0.05, 0.1) is 6.04 Å². The van der Waals surface area contributed by atoms with Crippen LogP contribution in [0.5, 0.6) is 0 Å². The van der Waals surface area contributed by atoms with Gasteiger partial charge in [-0.2, -0.15) is 0 Å². The van der Waals surface area contributed by atoms with E-state index in [4.69, 9.17) is 0 Å². The third kappa shape index (κ3) is 4.66. The monoisotopic (exact) mass is 240 g/mol. The van der Waals surface area contributed by atoms with Crippen LogP contribution in [0.1, 0.15) is 52.9 Å². The lowest BCUT2D eigenvalue weighted by molar-refractivity contribution is -0.123. The lowest BCUT2D eigenvalue weighted by Gasteiger charge is -2.27. The predicted octanol–water partition coefficient (Wildman–Crippen LogP) is 2.32. The Labute approximate surface area is 106 Å². The second-order valence-corrected chi connectivity index (χ2v) is 5.80. The maximum atomic E-state index is 11.8. The first kappa shape index (κ1) is 14.5. The number of rotatable bonds is 6. The number of nitrogens with one attached hydrogen (secondary N) is 2. The van der Waals surface area contributed by atoms with E-state index in [9.17, 15) is 4.79 Å². The molecule has 0 bridgehead atoms. The van der Waals surface area contributed by atoms with Crippen LogP contribution in [0.25, 0.3) is 0 Å². The molecule has 1 fully saturated rings. The SMILES string of the molecule is CNC(=O)C(CC(C)C)NC(C)C1CCCC1. The van der Waals surface area contributed by atoms with Crippen molar-refractivity contribution in [2.24, 2.45) is 11.8 Å². The van der Waals surface area contributed by atoms with E-state index in [1.165, 1.54) is 25.7 Å². The van der Waals surface area contributed by atoms with Crippen molar-refractivity contribution in [3.63, 3.8) is 0 Å². The Morgan fingerprint density at radius 2 is 1.82 bits per heavy atom. The molecule has 3 heteroatoms. The van der Waals surface area contributed by atoms with E-state index in [1.54, 1.807) is 7.05 Å². The van der Waals surface area contributed by atoms with Crippen molar-refractivity contribution in [3.8, 4) is 0 Å². The summed E-state index contributed by atoms with van der Waals surface area (Å²) < 4.78 is 0. The summed E-state index contributed by atoms with van der Waals surface area (Å²) in [5.41, 5.74) is 0. The average molecular weight is 240 g/mol. The van der Waals surface area contributed by atoms with Crippen molar-refractivity contribution in [3.05, 3.63) is 0 Å². The molecule has 1 rings (SSSR count). The molecule has 1 aliphatic rings. The van der Waals surface area contributed by atoms with Crippen LogP contribution in [0.3, 0.4) is 0 Å². The highest BCUT2D eigenvalue weighted by molar-refractivity contribution is 5.81. The molecule has 0 radical (unpaired) electrons. The number of hydrogen-bond donors (Lipinski definition) is 2. The summed E-state index contributed by atoms with van der Waals surface area (Å²) in [5.74, 6) is 1.43. The summed E-state index contributed by atoms with van der Waals surface area (Å²) in [6, 6.07) is 0.425. The second kappa shape index (κ2) is 7.00. The summed E-state index contributed by atoms with van der Waals surface area (Å²) in [6.07, 6.45) is 6.25. The maximum Gasteiger partial charge on any atom is 0.236 e. The van der Waals surface area contributed by atoms with Gasteiger partial charge in [0, 0.05) is 13.1 Å². The van der Waals surface area contributed by atoms with Crippen molar-refractivity contribution in [2.45, 2.75) is 65.0 Å². The van der Waals surface area contributed by atoms with Crippen LogP contribution in [0.15, 0.2) is 0 Å². The Morgan fingerprint density at radius 3 is 2.29 bits per heavy atom. The molecule has 1 aliphatic carbocycles. The molecule has 1 saturated carbocycles. The van der Waals surface area contributed by atoms with Crippen LogP contribution in [0, 0.1) is 11.8 Å². The number of likely N-dealkylation sites (N-methyl/N-ethyl adjacent to an activating group) is 1. The Hall–Kier alpha value is -0.570. The Bertz CT molecular complexity index is 234. The Morgan fingerprint density at radius 1 is 1.24 bits per heavy atom. The number of carbonyl (C=O) groups excluding carboxylic acids is 1. The van der Waals surface area contributed by atoms with Gasteiger partial charge in [-0.1, -0.05) is 26.7 Å². The molecule has 0 heterocycles. The number of carbonyl (C=O) groups is 1. The smallest absolute Gasteiger partial charge is 0.236 e. The van der Waals surface area contributed by atoms with Gasteiger partial charge >= 0.3 is 0 Å². The summed E-state index contributed by atoms with van der Waals surface area (Å²) >= 11 is 0. The van der Waals surface area contributed by atoms with Crippen LogP contribution < -0.4 is 10.6 Å². The van der Waals surface area contributed by atoms with Crippen molar-refractivity contribution in [2.75, 3.05) is 7.05 Å². The zero-order chi connectivity index (χ0) is 12.8. The van der Waals surface area contributed by atoms with E-state index < -0.39 is 0 Å². The summed E-state index contributed by atoms with van der Waals surface area (Å²) in [4.78, 5) is 11.8. The van der Waals surface area contributed by atoms with Gasteiger partial charge in [0.1, 0.15) is 0 Å². The van der Waals surface area contributed by atoms with Gasteiger partial charge in [0.2, 0.25) is 5.91 Å². The molecular weight excluding hydrogens is 212 g/mol. The van der Waals surface area contributed by atoms with Crippen LogP contribution in [0.4, 0.5) is 0 Å². The zero-order valence-corrected chi connectivity index (χ0v) is 11.8. The lowest BCUT2D eigenvalue weighted by atomic mass is 9.96. The van der Waals surface area contributed by atoms with E-state index in [1.807, 2.05) is 0 Å². The molecule has 0 aliphatic heterocycles. The van der Waals surface area contributed by atoms with Crippen molar-refractivity contribution in [1.82, 2.24) is 10.6 Å². The molecule has 2 N–H and O–H groups in total. The van der Waals surface area contributed by atoms with Crippen molar-refractivity contribution < 1.29 is 4.79 Å². The highest BCUT2D eigenvalue weighted by Crippen LogP contribution is 2.27. The first-order valence-electron chi connectivity index (χ1n) is 7.02. The standard InChI is InChI=1S/C14H28N2O/c1-10(2)9-13(14(17)15-4)16-11(3)12-7-5-6-8-12/h10-13,16H,5-9H2,1-4H3,(H,15,17). The van der Waals surface area contributed by atoms with E-state index in [0.717, 1.165) is 12.3 Å². The fourth-order valence-corrected chi connectivity index (χ4v) is 2.81. The summed E-state index contributed by atoms with van der Waals surface area (Å²) in [5, 5.41) is 6.29. The van der Waals surface area contributed by atoms with E-state index in [0.29, 0.717) is 12.0 Å². The molecule has 3 nitrogen and oxygen atoms in total. The minimum Gasteiger partial charge on any atom is -0.358 e. The normalized spacial score (nSPS) is 20.5. The van der Waals surface area contributed by atoms with Crippen LogP contribution >= 0.6 is 0 Å². The first-order valence-corrected chi connectivity index (χ1v) is 7.02. The molecule has 100 valence electrons. The van der Waals surface area contributed by atoms with Crippen molar-refractivity contribution in [1.29, 1.82) is 0 Å². The molecule has 0 spiro atoms. The Kier molecular flexibility index (Phi) is 5.96. The number of hydrogen-bond acceptors (Lipinski definition) is 2. The third-order valence-corrected chi connectivity index (χ3v) is 3.84. The van der Waals surface area contributed by atoms with Gasteiger partial charge in [-0.15, -0.1) is 0 Å². The largest absolute Gasteiger partial charge is 0.358 e. The van der Waals surface area contributed by atoms with Gasteiger partial charge in [-0.25, -0.2) is 0 Å². The topological polar surface area (TPSA) is 41.1 Å². The quantitative estimate of drug-likeness (QED) is 0.748. The molecular formula is C14H28N2O. The van der Waals surface area contributed by atoms with Gasteiger partial charge in [0.15, 0.2) is 0 Å². The van der Waals surface area contributed by atoms with E-state index in [2.05, 4.69) is 31.4 Å². The van der Waals surface area contributed by atoms with Gasteiger partial charge in [-0.3, -0.25) is 4.79 Å². The zero-order valence-electron chi connectivity index (χ0n) is 11.8. The molecule has 2 atom stereocenters. The summed E-state index contributed by atoms with van der Waals surface area (Å²) in [7, 11) is 1.72. The van der Waals surface area contributed by atoms with Crippen LogP contribution in [-0.4, -0.2) is 25.0 Å². The van der Waals surface area contributed by atoms with Gasteiger partial charge < -0.3 is 10.6 Å². The average Bonchev–Trinajstić information content (AvgIpc) is 2.79. The molecule has 0 saturated heterocycles. The fourth-order valence-electron chi connectivity index (χ4n) is 2.81. The Balaban J connectivity index is 2.48. The molecule has 1 amide bonds. The summed E-state index contributed by atoms with van der Waals surface area (Å²) in [6.45, 7) is 6.56. The van der Waals surface area contributed by atoms with Crippen molar-refractivity contribution >= 4 is 5.91 Å². The van der Waals surface area contributed by atoms with Gasteiger partial charge in [-0.05, 0) is 38.0 Å². The van der Waals surface area contributed by atoms with Gasteiger partial charge in [0.25, 0.3) is 0 Å². The van der Waals surface area contributed by atoms with E-state index in [-0.39, 0.29) is 11.9 Å². The fraction of sp³-hybridized carbons (Fsp3) is 0.929. The molecule has 17 heavy (non-hydrogen) atoms. The first-order chi connectivity index (χ1) is 8.04. The lowest BCUT2D eigenvalue weighted by Crippen LogP contribution is -2.49. The molecule has 0 aromatic heterocycles. The maximum absolute atomic E-state index is 11.8. The minimum atomic E-state index is -0.0319. The van der Waals surface area contributed by atoms with Crippen LogP contribution in [-0.2, 0) is 4.79 Å². The molecule has 0 aromatic rings. The third-order valence-electron chi connectivity index (χ3n) is 3.84. The highest BCUT2D eigenvalue weighted by atomic mass is 16.2. The highest BCUT2D eigenvalue weighted by Gasteiger charge is 2.26. The van der Waals surface area contributed by atoms with E-state index >= 15 is 0 Å². The second-order valence-electron chi connectivity index (χ2n) is 5.80.